The topological polar surface area (TPSA) is 79.0 Å². The van der Waals surface area contributed by atoms with Crippen LogP contribution in [0.15, 0.2) is 35.5 Å². The number of hydrogen-bond donors (Lipinski definition) is 1. The van der Waals surface area contributed by atoms with E-state index in [4.69, 9.17) is 0 Å². The second kappa shape index (κ2) is 6.09. The van der Waals surface area contributed by atoms with Crippen LogP contribution in [0.1, 0.15) is 12.8 Å². The molecule has 108 valence electrons. The number of carbonyl (C=O) groups is 2. The first-order valence-electron chi connectivity index (χ1n) is 6.68. The molecule has 1 aromatic carbocycles. The Bertz CT molecular complexity index is 656. The molecular formula is C14H14N4O2S. The molecule has 1 aliphatic heterocycles. The van der Waals surface area contributed by atoms with Crippen LogP contribution in [-0.2, 0) is 9.59 Å². The van der Waals surface area contributed by atoms with Gasteiger partial charge < -0.3 is 0 Å². The number of aromatic amines is 1. The number of nitrogens with one attached hydrogen (secondary N) is 1. The average molecular weight is 302 g/mol. The lowest BCUT2D eigenvalue weighted by Gasteiger charge is -2.11. The summed E-state index contributed by atoms with van der Waals surface area (Å²) in [5, 5.41) is 7.44. The maximum absolute atomic E-state index is 11.9. The predicted octanol–water partition coefficient (Wildman–Crippen LogP) is 1.71. The summed E-state index contributed by atoms with van der Waals surface area (Å²) in [7, 11) is 0. The molecule has 7 heteroatoms. The Labute approximate surface area is 125 Å². The molecule has 1 aliphatic rings. The minimum Gasteiger partial charge on any atom is -0.282 e. The van der Waals surface area contributed by atoms with Gasteiger partial charge in [-0.1, -0.05) is 42.1 Å². The van der Waals surface area contributed by atoms with Crippen molar-refractivity contribution in [3.8, 4) is 11.4 Å². The summed E-state index contributed by atoms with van der Waals surface area (Å²) < 4.78 is 0. The number of H-pyrrole nitrogens is 1. The molecule has 0 unspecified atom stereocenters. The number of hydrogen-bond acceptors (Lipinski definition) is 5. The highest BCUT2D eigenvalue weighted by molar-refractivity contribution is 7.99. The van der Waals surface area contributed by atoms with Crippen LogP contribution >= 0.6 is 11.8 Å². The van der Waals surface area contributed by atoms with E-state index in [1.807, 2.05) is 30.3 Å². The van der Waals surface area contributed by atoms with Gasteiger partial charge in [-0.05, 0) is 6.42 Å². The minimum atomic E-state index is -0.173. The fourth-order valence-corrected chi connectivity index (χ4v) is 2.83. The Kier molecular flexibility index (Phi) is 4.01. The van der Waals surface area contributed by atoms with Gasteiger partial charge in [0.2, 0.25) is 17.0 Å². The SMILES string of the molecule is O=C1CCCN1C(=O)CSc1n[nH]c(-c2ccccc2)n1. The molecule has 2 heterocycles. The number of imide groups is 1. The molecule has 1 fully saturated rings. The van der Waals surface area contributed by atoms with Crippen LogP contribution in [-0.4, -0.2) is 44.2 Å². The summed E-state index contributed by atoms with van der Waals surface area (Å²) in [5.41, 5.74) is 0.942. The Hall–Kier alpha value is -2.15. The normalized spacial score (nSPS) is 14.7. The van der Waals surface area contributed by atoms with E-state index in [1.165, 1.54) is 16.7 Å². The van der Waals surface area contributed by atoms with E-state index in [2.05, 4.69) is 15.2 Å². The summed E-state index contributed by atoms with van der Waals surface area (Å²) in [6, 6.07) is 9.65. The molecule has 0 aliphatic carbocycles. The maximum Gasteiger partial charge on any atom is 0.239 e. The van der Waals surface area contributed by atoms with Crippen molar-refractivity contribution in [2.24, 2.45) is 0 Å². The standard InChI is InChI=1S/C14H14N4O2S/c19-11-7-4-8-18(11)12(20)9-21-14-15-13(16-17-14)10-5-2-1-3-6-10/h1-3,5-6H,4,7-9H2,(H,15,16,17). The highest BCUT2D eigenvalue weighted by atomic mass is 32.2. The summed E-state index contributed by atoms with van der Waals surface area (Å²) in [5.74, 6) is 0.592. The van der Waals surface area contributed by atoms with Crippen molar-refractivity contribution in [3.63, 3.8) is 0 Å². The molecule has 6 nitrogen and oxygen atoms in total. The van der Waals surface area contributed by atoms with E-state index in [0.29, 0.717) is 23.9 Å². The van der Waals surface area contributed by atoms with E-state index in [1.54, 1.807) is 0 Å². The highest BCUT2D eigenvalue weighted by Gasteiger charge is 2.26. The van der Waals surface area contributed by atoms with E-state index in [-0.39, 0.29) is 17.6 Å². The van der Waals surface area contributed by atoms with Gasteiger partial charge in [0.25, 0.3) is 0 Å². The number of benzene rings is 1. The first kappa shape index (κ1) is 13.8. The van der Waals surface area contributed by atoms with Gasteiger partial charge in [-0.3, -0.25) is 19.6 Å². The Balaban J connectivity index is 1.60. The smallest absolute Gasteiger partial charge is 0.239 e. The number of amides is 2. The molecular weight excluding hydrogens is 288 g/mol. The molecule has 0 atom stereocenters. The van der Waals surface area contributed by atoms with Crippen molar-refractivity contribution in [1.82, 2.24) is 20.1 Å². The molecule has 0 bridgehead atoms. The number of nitrogens with zero attached hydrogens (tertiary/aromatic N) is 3. The minimum absolute atomic E-state index is 0.0828. The molecule has 0 saturated carbocycles. The first-order chi connectivity index (χ1) is 10.2. The van der Waals surface area contributed by atoms with Crippen molar-refractivity contribution >= 4 is 23.6 Å². The Morgan fingerprint density at radius 1 is 1.33 bits per heavy atom. The Morgan fingerprint density at radius 2 is 2.14 bits per heavy atom. The molecule has 1 aromatic heterocycles. The Morgan fingerprint density at radius 3 is 2.86 bits per heavy atom. The summed E-state index contributed by atoms with van der Waals surface area (Å²) in [4.78, 5) is 29.1. The molecule has 2 amide bonds. The lowest BCUT2D eigenvalue weighted by atomic mass is 10.2. The zero-order chi connectivity index (χ0) is 14.7. The van der Waals surface area contributed by atoms with Crippen LogP contribution < -0.4 is 0 Å². The summed E-state index contributed by atoms with van der Waals surface area (Å²) in [6.45, 7) is 0.529. The molecule has 21 heavy (non-hydrogen) atoms. The lowest BCUT2D eigenvalue weighted by Crippen LogP contribution is -2.33. The van der Waals surface area contributed by atoms with Crippen molar-refractivity contribution in [2.45, 2.75) is 18.0 Å². The van der Waals surface area contributed by atoms with Crippen molar-refractivity contribution < 1.29 is 9.59 Å². The first-order valence-corrected chi connectivity index (χ1v) is 7.66. The third-order valence-corrected chi connectivity index (χ3v) is 4.04. The number of thioether (sulfide) groups is 1. The monoisotopic (exact) mass is 302 g/mol. The van der Waals surface area contributed by atoms with Crippen LogP contribution in [0.2, 0.25) is 0 Å². The molecule has 3 rings (SSSR count). The van der Waals surface area contributed by atoms with Gasteiger partial charge in [0.1, 0.15) is 0 Å². The summed E-state index contributed by atoms with van der Waals surface area (Å²) in [6.07, 6.45) is 1.23. The van der Waals surface area contributed by atoms with Crippen LogP contribution in [0.25, 0.3) is 11.4 Å². The number of aromatic nitrogens is 3. The van der Waals surface area contributed by atoms with E-state index in [0.717, 1.165) is 12.0 Å². The van der Waals surface area contributed by atoms with Gasteiger partial charge in [0, 0.05) is 18.5 Å². The summed E-state index contributed by atoms with van der Waals surface area (Å²) >= 11 is 1.24. The van der Waals surface area contributed by atoms with Crippen LogP contribution in [0.4, 0.5) is 0 Å². The molecule has 1 N–H and O–H groups in total. The van der Waals surface area contributed by atoms with E-state index < -0.39 is 0 Å². The molecule has 1 saturated heterocycles. The van der Waals surface area contributed by atoms with E-state index in [9.17, 15) is 9.59 Å². The molecule has 2 aromatic rings. The van der Waals surface area contributed by atoms with Gasteiger partial charge in [0.05, 0.1) is 5.75 Å². The number of rotatable bonds is 4. The zero-order valence-electron chi connectivity index (χ0n) is 11.3. The van der Waals surface area contributed by atoms with Gasteiger partial charge >= 0.3 is 0 Å². The largest absolute Gasteiger partial charge is 0.282 e. The van der Waals surface area contributed by atoms with Gasteiger partial charge in [0.15, 0.2) is 5.82 Å². The molecule has 0 spiro atoms. The van der Waals surface area contributed by atoms with Crippen LogP contribution in [0.5, 0.6) is 0 Å². The van der Waals surface area contributed by atoms with Gasteiger partial charge in [-0.15, -0.1) is 5.10 Å². The van der Waals surface area contributed by atoms with Gasteiger partial charge in [-0.25, -0.2) is 4.98 Å². The lowest BCUT2D eigenvalue weighted by molar-refractivity contribution is -0.140. The van der Waals surface area contributed by atoms with E-state index >= 15 is 0 Å². The van der Waals surface area contributed by atoms with Crippen LogP contribution in [0, 0.1) is 0 Å². The third-order valence-electron chi connectivity index (χ3n) is 3.21. The second-order valence-corrected chi connectivity index (χ2v) is 5.61. The maximum atomic E-state index is 11.9. The molecule has 0 radical (unpaired) electrons. The van der Waals surface area contributed by atoms with Gasteiger partial charge in [-0.2, -0.15) is 0 Å². The number of carbonyl (C=O) groups excluding carboxylic acids is 2. The predicted molar refractivity (Wildman–Crippen MR) is 78.5 cm³/mol. The fourth-order valence-electron chi connectivity index (χ4n) is 2.15. The van der Waals surface area contributed by atoms with Crippen molar-refractivity contribution in [1.29, 1.82) is 0 Å². The second-order valence-electron chi connectivity index (χ2n) is 4.66. The quantitative estimate of drug-likeness (QED) is 0.870. The average Bonchev–Trinajstić information content (AvgIpc) is 3.15. The zero-order valence-corrected chi connectivity index (χ0v) is 12.1. The number of likely N-dealkylation sites (tertiary alicyclic amines) is 1. The highest BCUT2D eigenvalue weighted by Crippen LogP contribution is 2.20. The van der Waals surface area contributed by atoms with Crippen molar-refractivity contribution in [2.75, 3.05) is 12.3 Å². The third kappa shape index (κ3) is 3.13. The van der Waals surface area contributed by atoms with Crippen LogP contribution in [0.3, 0.4) is 0 Å². The van der Waals surface area contributed by atoms with Crippen molar-refractivity contribution in [3.05, 3.63) is 30.3 Å². The fraction of sp³-hybridized carbons (Fsp3) is 0.286.